The molecular formula is C42H47Cl3N6O. The van der Waals surface area contributed by atoms with E-state index in [9.17, 15) is 4.79 Å². The van der Waals surface area contributed by atoms with Gasteiger partial charge in [0.1, 0.15) is 5.69 Å². The number of carbonyl (C=O) groups excluding carboxylic acids is 1. The van der Waals surface area contributed by atoms with Crippen molar-refractivity contribution in [3.05, 3.63) is 99.4 Å². The molecule has 3 atom stereocenters. The number of H-pyrrole nitrogens is 1. The van der Waals surface area contributed by atoms with Crippen LogP contribution in [0, 0.1) is 0 Å². The highest BCUT2D eigenvalue weighted by Crippen LogP contribution is 2.42. The predicted octanol–water partition coefficient (Wildman–Crippen LogP) is 10.3. The van der Waals surface area contributed by atoms with Crippen molar-refractivity contribution >= 4 is 51.6 Å². The number of nitrogens with zero attached hydrogens (tertiary/aromatic N) is 4. The van der Waals surface area contributed by atoms with Crippen LogP contribution < -0.4 is 5.32 Å². The molecule has 52 heavy (non-hydrogen) atoms. The van der Waals surface area contributed by atoms with Crippen LogP contribution in [0.3, 0.4) is 0 Å². The van der Waals surface area contributed by atoms with Crippen LogP contribution in [0.5, 0.6) is 0 Å². The lowest BCUT2D eigenvalue weighted by Gasteiger charge is -2.46. The lowest BCUT2D eigenvalue weighted by Crippen LogP contribution is -2.59. The van der Waals surface area contributed by atoms with Crippen molar-refractivity contribution in [1.29, 1.82) is 0 Å². The molecule has 0 bridgehead atoms. The van der Waals surface area contributed by atoms with Crippen LogP contribution in [0.4, 0.5) is 0 Å². The fourth-order valence-corrected chi connectivity index (χ4v) is 9.86. The molecule has 0 spiro atoms. The van der Waals surface area contributed by atoms with Crippen LogP contribution in [-0.2, 0) is 0 Å². The predicted molar refractivity (Wildman–Crippen MR) is 214 cm³/mol. The van der Waals surface area contributed by atoms with E-state index in [0.29, 0.717) is 26.8 Å². The van der Waals surface area contributed by atoms with Gasteiger partial charge in [-0.2, -0.15) is 0 Å². The maximum absolute atomic E-state index is 14.8. The Kier molecular flexibility index (Phi) is 10.7. The van der Waals surface area contributed by atoms with E-state index in [4.69, 9.17) is 39.8 Å². The molecule has 2 aromatic heterocycles. The lowest BCUT2D eigenvalue weighted by atomic mass is 9.88. The number of rotatable bonds is 8. The largest absolute Gasteiger partial charge is 0.350 e. The Bertz CT molecular complexity index is 2030. The lowest BCUT2D eigenvalue weighted by molar-refractivity contribution is 0.0340. The van der Waals surface area contributed by atoms with Crippen molar-refractivity contribution in [1.82, 2.24) is 29.7 Å². The zero-order valence-corrected chi connectivity index (χ0v) is 32.0. The van der Waals surface area contributed by atoms with Gasteiger partial charge in [0.05, 0.1) is 23.8 Å². The van der Waals surface area contributed by atoms with Gasteiger partial charge in [0.2, 0.25) is 0 Å². The molecule has 2 aliphatic carbocycles. The zero-order chi connectivity index (χ0) is 35.8. The number of fused-ring (bicyclic) bond motifs is 1. The van der Waals surface area contributed by atoms with E-state index in [-0.39, 0.29) is 18.0 Å². The van der Waals surface area contributed by atoms with Gasteiger partial charge in [-0.1, -0.05) is 109 Å². The Hall–Kier alpha value is -3.33. The number of hydrogen-bond acceptors (Lipinski definition) is 4. The van der Waals surface area contributed by atoms with E-state index in [1.807, 2.05) is 54.9 Å². The van der Waals surface area contributed by atoms with Gasteiger partial charge in [-0.3, -0.25) is 14.6 Å². The minimum Gasteiger partial charge on any atom is -0.350 e. The van der Waals surface area contributed by atoms with Gasteiger partial charge in [-0.15, -0.1) is 0 Å². The van der Waals surface area contributed by atoms with Crippen molar-refractivity contribution in [2.24, 2.45) is 0 Å². The first-order chi connectivity index (χ1) is 25.4. The third-order valence-corrected chi connectivity index (χ3v) is 12.6. The fourth-order valence-electron chi connectivity index (χ4n) is 9.12. The topological polar surface area (TPSA) is 69.2 Å². The van der Waals surface area contributed by atoms with Crippen LogP contribution in [0.25, 0.3) is 33.4 Å². The Balaban J connectivity index is 1.16. The molecule has 3 heterocycles. The molecule has 3 aliphatic rings. The van der Waals surface area contributed by atoms with Gasteiger partial charge < -0.3 is 14.9 Å². The Labute approximate surface area is 321 Å². The molecule has 7 nitrogen and oxygen atoms in total. The van der Waals surface area contributed by atoms with Crippen molar-refractivity contribution < 1.29 is 4.79 Å². The van der Waals surface area contributed by atoms with Crippen molar-refractivity contribution in [3.8, 4) is 22.5 Å². The van der Waals surface area contributed by atoms with Gasteiger partial charge in [0.15, 0.2) is 0 Å². The van der Waals surface area contributed by atoms with Gasteiger partial charge >= 0.3 is 0 Å². The summed E-state index contributed by atoms with van der Waals surface area (Å²) in [6.07, 6.45) is 13.0. The number of aromatic amines is 1. The normalized spacial score (nSPS) is 21.4. The van der Waals surface area contributed by atoms with E-state index in [2.05, 4.69) is 43.7 Å². The van der Waals surface area contributed by atoms with Gasteiger partial charge in [0, 0.05) is 81.4 Å². The first kappa shape index (κ1) is 35.7. The second-order valence-electron chi connectivity index (χ2n) is 14.9. The molecule has 1 amide bonds. The Morgan fingerprint density at radius 3 is 2.29 bits per heavy atom. The molecule has 1 aliphatic heterocycles. The monoisotopic (exact) mass is 756 g/mol. The first-order valence-corrected chi connectivity index (χ1v) is 20.2. The number of hydrogen-bond donors (Lipinski definition) is 2. The average molecular weight is 758 g/mol. The number of aromatic nitrogens is 3. The maximum Gasteiger partial charge on any atom is 0.268 e. The second-order valence-corrected chi connectivity index (χ2v) is 16.2. The SMILES string of the molecule is C[C@@H](c1ccc(Cl)cc1Cl)n1cnc(-c2ccccc2)c1-c1c(C(=O)N[C@H]2CCCCC2N2CCN(C3CCCCC3)CC2)[nH]c2cc(Cl)ccc12. The molecule has 2 saturated carbocycles. The van der Waals surface area contributed by atoms with Crippen molar-refractivity contribution in [2.45, 2.75) is 88.9 Å². The molecular weight excluding hydrogens is 711 g/mol. The summed E-state index contributed by atoms with van der Waals surface area (Å²) in [7, 11) is 0. The Morgan fingerprint density at radius 1 is 0.827 bits per heavy atom. The molecule has 272 valence electrons. The molecule has 5 aromatic rings. The number of nitrogens with one attached hydrogen (secondary N) is 2. The molecule has 1 unspecified atom stereocenters. The van der Waals surface area contributed by atoms with Crippen LogP contribution in [0.2, 0.25) is 15.1 Å². The summed E-state index contributed by atoms with van der Waals surface area (Å²) < 4.78 is 2.13. The van der Waals surface area contributed by atoms with Crippen LogP contribution in [-0.4, -0.2) is 74.5 Å². The second kappa shape index (κ2) is 15.6. The van der Waals surface area contributed by atoms with E-state index >= 15 is 0 Å². The number of benzene rings is 3. The molecule has 2 N–H and O–H groups in total. The highest BCUT2D eigenvalue weighted by Gasteiger charge is 2.36. The number of halogens is 3. The summed E-state index contributed by atoms with van der Waals surface area (Å²) >= 11 is 19.7. The van der Waals surface area contributed by atoms with Crippen molar-refractivity contribution in [3.63, 3.8) is 0 Å². The highest BCUT2D eigenvalue weighted by molar-refractivity contribution is 6.35. The van der Waals surface area contributed by atoms with Gasteiger partial charge in [-0.25, -0.2) is 4.98 Å². The molecule has 1 saturated heterocycles. The summed E-state index contributed by atoms with van der Waals surface area (Å²) in [5, 5.41) is 6.23. The quantitative estimate of drug-likeness (QED) is 0.165. The van der Waals surface area contributed by atoms with E-state index in [1.54, 1.807) is 6.07 Å². The summed E-state index contributed by atoms with van der Waals surface area (Å²) in [6, 6.07) is 22.4. The molecule has 10 heteroatoms. The Morgan fingerprint density at radius 2 is 1.52 bits per heavy atom. The summed E-state index contributed by atoms with van der Waals surface area (Å²) in [4.78, 5) is 28.7. The minimum absolute atomic E-state index is 0.0654. The smallest absolute Gasteiger partial charge is 0.268 e. The minimum atomic E-state index is -0.215. The number of amides is 1. The van der Waals surface area contributed by atoms with E-state index in [1.165, 1.54) is 38.5 Å². The molecule has 8 rings (SSSR count). The standard InChI is InChI=1S/C42H47Cl3N6O/c1-27(32-18-16-29(43)24-34(32)45)51-26-46-39(28-10-4-2-5-11-28)41(51)38-33-19-17-30(44)25-36(33)47-40(38)42(52)48-35-14-8-9-15-37(35)50-22-20-49(21-23-50)31-12-6-3-7-13-31/h2,4-5,10-11,16-19,24-27,31,35,37,47H,3,6-9,12-15,20-23H2,1H3,(H,48,52)/t27-,35-,37?/m0/s1. The van der Waals surface area contributed by atoms with E-state index < -0.39 is 0 Å². The third-order valence-electron chi connectivity index (χ3n) is 11.9. The van der Waals surface area contributed by atoms with Crippen LogP contribution in [0.15, 0.2) is 73.1 Å². The summed E-state index contributed by atoms with van der Waals surface area (Å²) in [5.74, 6) is -0.107. The first-order valence-electron chi connectivity index (χ1n) is 19.0. The molecule has 0 radical (unpaired) electrons. The third kappa shape index (κ3) is 7.15. The molecule has 3 fully saturated rings. The van der Waals surface area contributed by atoms with Crippen LogP contribution in [0.1, 0.15) is 86.8 Å². The molecule has 3 aromatic carbocycles. The highest BCUT2D eigenvalue weighted by atomic mass is 35.5. The number of piperazine rings is 1. The van der Waals surface area contributed by atoms with Crippen LogP contribution >= 0.6 is 34.8 Å². The zero-order valence-electron chi connectivity index (χ0n) is 29.8. The number of carbonyl (C=O) groups is 1. The average Bonchev–Trinajstić information content (AvgIpc) is 3.77. The van der Waals surface area contributed by atoms with E-state index in [0.717, 1.165) is 90.5 Å². The summed E-state index contributed by atoms with van der Waals surface area (Å²) in [5.41, 5.74) is 5.60. The maximum atomic E-state index is 14.8. The number of imidazole rings is 1. The summed E-state index contributed by atoms with van der Waals surface area (Å²) in [6.45, 7) is 6.47. The fraction of sp³-hybridized carbons (Fsp3) is 0.429. The van der Waals surface area contributed by atoms with Gasteiger partial charge in [0.25, 0.3) is 5.91 Å². The van der Waals surface area contributed by atoms with Gasteiger partial charge in [-0.05, 0) is 62.4 Å². The van der Waals surface area contributed by atoms with Crippen molar-refractivity contribution in [2.75, 3.05) is 26.2 Å².